The lowest BCUT2D eigenvalue weighted by atomic mass is 8.83. The maximum Gasteiger partial charge on any atom is 0.0777 e. The molecule has 0 aliphatic rings. The lowest BCUT2D eigenvalue weighted by Crippen LogP contribution is -2.37. The molecule has 17 heteroatoms. The second-order valence-corrected chi connectivity index (χ2v) is 6.54. The first kappa shape index (κ1) is 20.1. The molecule has 0 unspecified atom stereocenters. The van der Waals surface area contributed by atoms with E-state index in [1.54, 1.807) is 0 Å². The van der Waals surface area contributed by atoms with Gasteiger partial charge in [-0.1, -0.05) is 13.6 Å². The fraction of sp³-hybridized carbons (Fsp3) is 1.00. The van der Waals surface area contributed by atoms with Crippen molar-refractivity contribution in [2.75, 3.05) is 0 Å². The molecule has 0 aliphatic carbocycles. The molecule has 19 heavy (non-hydrogen) atoms. The third-order valence-electron chi connectivity index (χ3n) is 4.50. The molecule has 0 spiro atoms. The van der Waals surface area contributed by atoms with E-state index in [2.05, 4.69) is 21.4 Å². The summed E-state index contributed by atoms with van der Waals surface area (Å²) in [6, 6.07) is 0. The minimum atomic E-state index is 0.952. The van der Waals surface area contributed by atoms with E-state index in [4.69, 9.17) is 0 Å². The van der Waals surface area contributed by atoms with Gasteiger partial charge in [0, 0.05) is 98.9 Å². The minimum Gasteiger partial charge on any atom is -0.1000 e. The molecule has 0 saturated carbocycles. The molecule has 0 atom stereocenters. The zero-order valence-corrected chi connectivity index (χ0v) is 14.2. The average Bonchev–Trinajstić information content (AvgIpc) is 2.43. The molecule has 82 valence electrons. The third-order valence-corrected chi connectivity index (χ3v) is 4.50. The van der Waals surface area contributed by atoms with Crippen LogP contribution >= 0.6 is 0 Å². The largest absolute Gasteiger partial charge is 0.1000 e. The van der Waals surface area contributed by atoms with Gasteiger partial charge in [-0.25, -0.2) is 0 Å². The lowest BCUT2D eigenvalue weighted by Gasteiger charge is -1.98. The Labute approximate surface area is 134 Å². The van der Waals surface area contributed by atoms with Crippen molar-refractivity contribution in [3.8, 4) is 0 Å². The fourth-order valence-corrected chi connectivity index (χ4v) is 2.71. The van der Waals surface area contributed by atoms with Gasteiger partial charge in [-0.3, -0.25) is 0 Å². The molecule has 0 radical (unpaired) electrons. The highest BCUT2D eigenvalue weighted by Gasteiger charge is 2.07. The van der Waals surface area contributed by atoms with Gasteiger partial charge in [0.05, 0.1) is 21.4 Å². The zero-order valence-electron chi connectivity index (χ0n) is 14.2. The van der Waals surface area contributed by atoms with Gasteiger partial charge in [0.1, 0.15) is 0 Å². The molecule has 0 nitrogen and oxygen atoms in total. The van der Waals surface area contributed by atoms with Crippen LogP contribution in [0.25, 0.3) is 0 Å². The van der Waals surface area contributed by atoms with E-state index >= 15 is 0 Å². The Kier molecular flexibility index (Phi) is 18.2. The molecule has 0 N–H and O–H groups in total. The normalized spacial score (nSPS) is 7.68. The van der Waals surface area contributed by atoms with Crippen LogP contribution in [0.15, 0.2) is 0 Å². The summed E-state index contributed by atoms with van der Waals surface area (Å²) in [4.78, 5) is 0. The van der Waals surface area contributed by atoms with Crippen LogP contribution in [0.5, 0.6) is 0 Å². The summed E-state index contributed by atoms with van der Waals surface area (Å²) in [5.74, 6) is 0. The summed E-state index contributed by atoms with van der Waals surface area (Å²) in [5, 5.41) is 0. The number of rotatable bonds is 15. The summed E-state index contributed by atoms with van der Waals surface area (Å²) in [6.45, 7) is 5.65. The van der Waals surface area contributed by atoms with Crippen molar-refractivity contribution in [1.29, 1.82) is 0 Å². The summed E-state index contributed by atoms with van der Waals surface area (Å²) in [6.07, 6.45) is 0. The Morgan fingerprint density at radius 2 is 1.00 bits per heavy atom. The smallest absolute Gasteiger partial charge is 0.0777 e. The number of hydrogen-bond acceptors (Lipinski definition) is 0. The highest BCUT2D eigenvalue weighted by molar-refractivity contribution is 7.74. The highest BCUT2D eigenvalue weighted by atomic mass is 13.1. The van der Waals surface area contributed by atoms with Crippen LogP contribution in [0, 0.1) is 0 Å². The van der Waals surface area contributed by atoms with Crippen LogP contribution in [0.4, 0.5) is 0 Å². The highest BCUT2D eigenvalue weighted by Crippen LogP contribution is 1.72. The maximum absolute atomic E-state index is 2.39. The van der Waals surface area contributed by atoms with Gasteiger partial charge < -0.3 is 0 Å². The zero-order chi connectivity index (χ0) is 14.2. The molecule has 0 amide bonds. The molecule has 0 rings (SSSR count). The summed E-state index contributed by atoms with van der Waals surface area (Å²) >= 11 is 0. The van der Waals surface area contributed by atoms with Crippen LogP contribution in [-0.2, 0) is 0 Å². The van der Waals surface area contributed by atoms with Crippen molar-refractivity contribution < 1.29 is 0 Å². The van der Waals surface area contributed by atoms with Crippen LogP contribution in [0.2, 0.25) is 13.6 Å². The van der Waals surface area contributed by atoms with E-state index in [1.165, 1.54) is 106 Å². The van der Waals surface area contributed by atoms with E-state index < -0.39 is 0 Å². The maximum atomic E-state index is 2.39. The SMILES string of the molecule is BBBBBBBBBBBBBBBB(C)BC. The van der Waals surface area contributed by atoms with Gasteiger partial charge in [0.2, 0.25) is 0 Å². The first-order valence-electron chi connectivity index (χ1n) is 9.31. The van der Waals surface area contributed by atoms with E-state index in [-0.39, 0.29) is 0 Å². The van der Waals surface area contributed by atoms with E-state index in [9.17, 15) is 0 Å². The Hall–Kier alpha value is 1.10. The Balaban J connectivity index is 2.95. The van der Waals surface area contributed by atoms with Crippen molar-refractivity contribution in [3.05, 3.63) is 0 Å². The van der Waals surface area contributed by atoms with Gasteiger partial charge in [0.25, 0.3) is 0 Å². The predicted octanol–water partition coefficient (Wildman–Crippen LogP) is -9.86. The van der Waals surface area contributed by atoms with E-state index in [0.717, 1.165) is 6.49 Å². The van der Waals surface area contributed by atoms with Gasteiger partial charge in [-0.2, -0.15) is 0 Å². The molecule has 0 aromatic carbocycles. The Morgan fingerprint density at radius 3 is 1.37 bits per heavy atom. The molecule has 0 saturated heterocycles. The van der Waals surface area contributed by atoms with Crippen LogP contribution in [-0.4, -0.2) is 120 Å². The summed E-state index contributed by atoms with van der Waals surface area (Å²) in [7, 11) is 24.2. The van der Waals surface area contributed by atoms with Crippen molar-refractivity contribution >= 4 is 120 Å². The van der Waals surface area contributed by atoms with Crippen molar-refractivity contribution in [1.82, 2.24) is 0 Å². The van der Waals surface area contributed by atoms with Crippen LogP contribution < -0.4 is 0 Å². The molecule has 0 aromatic heterocycles. The van der Waals surface area contributed by atoms with Gasteiger partial charge in [-0.05, 0) is 0 Å². The minimum absolute atomic E-state index is 0.952. The van der Waals surface area contributed by atoms with Gasteiger partial charge in [0.15, 0.2) is 0 Å². The molecular formula is C2H23B17. The van der Waals surface area contributed by atoms with Crippen molar-refractivity contribution in [2.45, 2.75) is 13.6 Å². The topological polar surface area (TPSA) is 0 Å². The van der Waals surface area contributed by atoms with Gasteiger partial charge >= 0.3 is 0 Å². The number of hydrogen-bond donors (Lipinski definition) is 0. The van der Waals surface area contributed by atoms with Gasteiger partial charge in [-0.15, -0.1) is 0 Å². The van der Waals surface area contributed by atoms with Crippen LogP contribution in [0.3, 0.4) is 0 Å². The van der Waals surface area contributed by atoms with Crippen LogP contribution in [0.1, 0.15) is 0 Å². The molecule has 0 aromatic rings. The Morgan fingerprint density at radius 1 is 0.632 bits per heavy atom. The monoisotopic (exact) mass is 234 g/mol. The fourth-order valence-electron chi connectivity index (χ4n) is 2.71. The lowest BCUT2D eigenvalue weighted by molar-refractivity contribution is 2.26. The predicted molar refractivity (Wildman–Crippen MR) is 133 cm³/mol. The molecule has 0 aliphatic heterocycles. The van der Waals surface area contributed by atoms with Crippen molar-refractivity contribution in [2.24, 2.45) is 0 Å². The first-order chi connectivity index (χ1) is 9.31. The third kappa shape index (κ3) is 17.1. The Bertz CT molecular complexity index is 159. The second kappa shape index (κ2) is 17.2. The molecule has 0 bridgehead atoms. The average molecular weight is 231 g/mol. The van der Waals surface area contributed by atoms with E-state index in [0.29, 0.717) is 0 Å². The molecule has 0 heterocycles. The quantitative estimate of drug-likeness (QED) is 0.194. The standard InChI is InChI=1S/C2H23B17/c1-4-19(2)18-17-16-15-14-13-12-11-10-9-8-7-6-5-3/h4-18H,3H2,1-2H3. The second-order valence-electron chi connectivity index (χ2n) is 6.54. The molecule has 0 fully saturated rings. The van der Waals surface area contributed by atoms with E-state index in [1.807, 2.05) is 0 Å². The summed E-state index contributed by atoms with van der Waals surface area (Å²) in [5.41, 5.74) is 0. The summed E-state index contributed by atoms with van der Waals surface area (Å²) < 4.78 is 0. The molecular weight excluding hydrogens is 208 g/mol. The first-order valence-corrected chi connectivity index (χ1v) is 9.31. The van der Waals surface area contributed by atoms with Crippen molar-refractivity contribution in [3.63, 3.8) is 0 Å².